The summed E-state index contributed by atoms with van der Waals surface area (Å²) in [6.45, 7) is 4.92. The Balaban J connectivity index is 1.89. The van der Waals surface area contributed by atoms with Gasteiger partial charge in [0, 0.05) is 25.0 Å². The van der Waals surface area contributed by atoms with Gasteiger partial charge in [-0.2, -0.15) is 0 Å². The molecule has 2 rings (SSSR count). The Bertz CT molecular complexity index is 527. The van der Waals surface area contributed by atoms with Gasteiger partial charge in [-0.15, -0.1) is 0 Å². The summed E-state index contributed by atoms with van der Waals surface area (Å²) in [5, 5.41) is 3.21. The van der Waals surface area contributed by atoms with Gasteiger partial charge in [0.1, 0.15) is 10.8 Å². The minimum atomic E-state index is -0.168. The number of halogens is 1. The van der Waals surface area contributed by atoms with Crippen molar-refractivity contribution in [2.75, 3.05) is 13.1 Å². The lowest BCUT2D eigenvalue weighted by Crippen LogP contribution is -2.47. The normalized spacial score (nSPS) is 16.1. The van der Waals surface area contributed by atoms with Gasteiger partial charge in [-0.1, -0.05) is 25.4 Å². The first-order chi connectivity index (χ1) is 9.97. The molecule has 114 valence electrons. The predicted molar refractivity (Wildman–Crippen MR) is 78.9 cm³/mol. The van der Waals surface area contributed by atoms with Crippen molar-refractivity contribution < 1.29 is 9.59 Å². The molecule has 1 N–H and O–H groups in total. The molecule has 0 aromatic carbocycles. The largest absolute Gasteiger partial charge is 0.353 e. The summed E-state index contributed by atoms with van der Waals surface area (Å²) in [7, 11) is 0. The first-order valence-electron chi connectivity index (χ1n) is 7.04. The highest BCUT2D eigenvalue weighted by atomic mass is 35.5. The Morgan fingerprint density at radius 2 is 2.00 bits per heavy atom. The molecular weight excluding hydrogens is 292 g/mol. The van der Waals surface area contributed by atoms with E-state index in [9.17, 15) is 9.59 Å². The van der Waals surface area contributed by atoms with Gasteiger partial charge >= 0.3 is 0 Å². The molecule has 2 heterocycles. The molecule has 1 fully saturated rings. The Hall–Kier alpha value is -1.69. The summed E-state index contributed by atoms with van der Waals surface area (Å²) in [5.41, 5.74) is 0.257. The Morgan fingerprint density at radius 3 is 2.57 bits per heavy atom. The number of carbonyl (C=O) groups excluding carboxylic acids is 2. The van der Waals surface area contributed by atoms with Crippen LogP contribution in [-0.4, -0.2) is 45.8 Å². The second-order valence-corrected chi connectivity index (χ2v) is 5.84. The summed E-state index contributed by atoms with van der Waals surface area (Å²) in [5.74, 6) is -0.134. The van der Waals surface area contributed by atoms with E-state index in [-0.39, 0.29) is 34.6 Å². The smallest absolute Gasteiger partial charge is 0.274 e. The first kappa shape index (κ1) is 15.7. The van der Waals surface area contributed by atoms with Crippen molar-refractivity contribution in [3.05, 3.63) is 23.2 Å². The van der Waals surface area contributed by atoms with E-state index in [0.29, 0.717) is 13.1 Å². The molecule has 0 unspecified atom stereocenters. The average molecular weight is 311 g/mol. The number of hydrogen-bond acceptors (Lipinski definition) is 4. The molecule has 1 aromatic rings. The summed E-state index contributed by atoms with van der Waals surface area (Å²) in [6, 6.07) is 0.134. The van der Waals surface area contributed by atoms with Gasteiger partial charge in [0.25, 0.3) is 5.91 Å². The van der Waals surface area contributed by atoms with Gasteiger partial charge in [0.15, 0.2) is 0 Å². The number of aromatic nitrogens is 2. The molecule has 1 aliphatic rings. The van der Waals surface area contributed by atoms with Crippen LogP contribution in [0.25, 0.3) is 0 Å². The van der Waals surface area contributed by atoms with Crippen molar-refractivity contribution in [1.82, 2.24) is 20.2 Å². The van der Waals surface area contributed by atoms with Crippen molar-refractivity contribution in [3.63, 3.8) is 0 Å². The van der Waals surface area contributed by atoms with Crippen LogP contribution in [0.2, 0.25) is 5.15 Å². The van der Waals surface area contributed by atoms with E-state index in [4.69, 9.17) is 11.6 Å². The number of amides is 2. The number of carbonyl (C=O) groups is 2. The minimum Gasteiger partial charge on any atom is -0.353 e. The fourth-order valence-corrected chi connectivity index (χ4v) is 2.35. The highest BCUT2D eigenvalue weighted by molar-refractivity contribution is 6.29. The monoisotopic (exact) mass is 310 g/mol. The minimum absolute atomic E-state index is 0.0219. The highest BCUT2D eigenvalue weighted by Crippen LogP contribution is 2.14. The third kappa shape index (κ3) is 4.14. The number of nitrogens with zero attached hydrogens (tertiary/aromatic N) is 3. The van der Waals surface area contributed by atoms with E-state index in [2.05, 4.69) is 15.3 Å². The van der Waals surface area contributed by atoms with Crippen LogP contribution in [0.15, 0.2) is 12.4 Å². The van der Waals surface area contributed by atoms with Crippen molar-refractivity contribution in [2.24, 2.45) is 5.92 Å². The van der Waals surface area contributed by atoms with E-state index in [1.54, 1.807) is 4.90 Å². The van der Waals surface area contributed by atoms with Crippen molar-refractivity contribution in [2.45, 2.75) is 32.7 Å². The topological polar surface area (TPSA) is 75.2 Å². The third-order valence-electron chi connectivity index (χ3n) is 3.48. The second-order valence-electron chi connectivity index (χ2n) is 5.46. The lowest BCUT2D eigenvalue weighted by molar-refractivity contribution is -0.124. The molecule has 7 heteroatoms. The van der Waals surface area contributed by atoms with Gasteiger partial charge in [-0.25, -0.2) is 4.98 Å². The lowest BCUT2D eigenvalue weighted by Gasteiger charge is -2.32. The third-order valence-corrected chi connectivity index (χ3v) is 3.66. The molecule has 1 saturated heterocycles. The Morgan fingerprint density at radius 1 is 1.33 bits per heavy atom. The summed E-state index contributed by atoms with van der Waals surface area (Å²) < 4.78 is 0. The van der Waals surface area contributed by atoms with Crippen LogP contribution in [0.5, 0.6) is 0 Å². The van der Waals surface area contributed by atoms with Crippen LogP contribution < -0.4 is 5.32 Å². The Kier molecular flexibility index (Phi) is 5.12. The van der Waals surface area contributed by atoms with Crippen LogP contribution in [0.1, 0.15) is 37.2 Å². The molecule has 1 aliphatic heterocycles. The van der Waals surface area contributed by atoms with Crippen LogP contribution >= 0.6 is 11.6 Å². The quantitative estimate of drug-likeness (QED) is 0.918. The SMILES string of the molecule is CC(C)C(=O)NC1CCN(C(=O)c2cncc(Cl)n2)CC1. The van der Waals surface area contributed by atoms with E-state index < -0.39 is 0 Å². The molecule has 21 heavy (non-hydrogen) atoms. The zero-order valence-electron chi connectivity index (χ0n) is 12.2. The molecule has 0 bridgehead atoms. The standard InChI is InChI=1S/C14H19ClN4O2/c1-9(2)13(20)17-10-3-5-19(6-4-10)14(21)11-7-16-8-12(15)18-11/h7-10H,3-6H2,1-2H3,(H,17,20). The number of hydrogen-bond donors (Lipinski definition) is 1. The average Bonchev–Trinajstić information content (AvgIpc) is 2.47. The van der Waals surface area contributed by atoms with Crippen molar-refractivity contribution in [1.29, 1.82) is 0 Å². The molecule has 0 radical (unpaired) electrons. The van der Waals surface area contributed by atoms with E-state index >= 15 is 0 Å². The van der Waals surface area contributed by atoms with E-state index in [0.717, 1.165) is 12.8 Å². The van der Waals surface area contributed by atoms with Gasteiger partial charge < -0.3 is 10.2 Å². The molecule has 2 amide bonds. The van der Waals surface area contributed by atoms with Gasteiger partial charge in [-0.3, -0.25) is 14.6 Å². The van der Waals surface area contributed by atoms with Crippen LogP contribution in [-0.2, 0) is 4.79 Å². The molecule has 0 atom stereocenters. The number of nitrogens with one attached hydrogen (secondary N) is 1. The number of piperidine rings is 1. The van der Waals surface area contributed by atoms with Crippen molar-refractivity contribution >= 4 is 23.4 Å². The Labute approximate surface area is 128 Å². The zero-order chi connectivity index (χ0) is 15.4. The maximum Gasteiger partial charge on any atom is 0.274 e. The van der Waals surface area contributed by atoms with Crippen LogP contribution in [0, 0.1) is 5.92 Å². The molecule has 0 aliphatic carbocycles. The fraction of sp³-hybridized carbons (Fsp3) is 0.571. The van der Waals surface area contributed by atoms with Gasteiger partial charge in [0.2, 0.25) is 5.91 Å². The van der Waals surface area contributed by atoms with Crippen LogP contribution in [0.4, 0.5) is 0 Å². The molecule has 1 aromatic heterocycles. The highest BCUT2D eigenvalue weighted by Gasteiger charge is 2.25. The molecule has 6 nitrogen and oxygen atoms in total. The van der Waals surface area contributed by atoms with E-state index in [1.807, 2.05) is 13.8 Å². The predicted octanol–water partition coefficient (Wildman–Crippen LogP) is 1.51. The maximum atomic E-state index is 12.3. The first-order valence-corrected chi connectivity index (χ1v) is 7.42. The fourth-order valence-electron chi connectivity index (χ4n) is 2.20. The van der Waals surface area contributed by atoms with Crippen molar-refractivity contribution in [3.8, 4) is 0 Å². The van der Waals surface area contributed by atoms with Crippen LogP contribution in [0.3, 0.4) is 0 Å². The van der Waals surface area contributed by atoms with Gasteiger partial charge in [-0.05, 0) is 12.8 Å². The lowest BCUT2D eigenvalue weighted by atomic mass is 10.0. The number of likely N-dealkylation sites (tertiary alicyclic amines) is 1. The maximum absolute atomic E-state index is 12.3. The summed E-state index contributed by atoms with van der Waals surface area (Å²) in [4.78, 5) is 33.5. The second kappa shape index (κ2) is 6.85. The molecule has 0 spiro atoms. The molecular formula is C14H19ClN4O2. The molecule has 0 saturated carbocycles. The number of rotatable bonds is 3. The van der Waals surface area contributed by atoms with Gasteiger partial charge in [0.05, 0.1) is 12.4 Å². The summed E-state index contributed by atoms with van der Waals surface area (Å²) in [6.07, 6.45) is 4.31. The van der Waals surface area contributed by atoms with E-state index in [1.165, 1.54) is 12.4 Å². The zero-order valence-corrected chi connectivity index (χ0v) is 12.9. The summed E-state index contributed by atoms with van der Waals surface area (Å²) >= 11 is 5.75.